The molecule has 0 spiro atoms. The Bertz CT molecular complexity index is 771. The summed E-state index contributed by atoms with van der Waals surface area (Å²) in [4.78, 5) is 23.4. The van der Waals surface area contributed by atoms with Crippen LogP contribution in [0.3, 0.4) is 0 Å². The molecule has 0 bridgehead atoms. The molecule has 8 nitrogen and oxygen atoms in total. The number of piperidine rings is 1. The molecule has 1 atom stereocenters. The summed E-state index contributed by atoms with van der Waals surface area (Å²) in [6.07, 6.45) is 1.93. The second-order valence-corrected chi connectivity index (χ2v) is 9.04. The van der Waals surface area contributed by atoms with Gasteiger partial charge in [0.2, 0.25) is 21.8 Å². The van der Waals surface area contributed by atoms with Crippen molar-refractivity contribution in [2.75, 3.05) is 25.0 Å². The molecular formula is C18H28N4O4S. The van der Waals surface area contributed by atoms with Crippen molar-refractivity contribution in [3.8, 4) is 0 Å². The Balaban J connectivity index is 1.93. The molecule has 1 aliphatic rings. The smallest absolute Gasteiger partial charge is 0.241 e. The molecule has 0 aromatic heterocycles. The van der Waals surface area contributed by atoms with Crippen LogP contribution in [-0.2, 0) is 19.6 Å². The number of anilines is 1. The molecule has 1 aromatic rings. The van der Waals surface area contributed by atoms with Gasteiger partial charge >= 0.3 is 0 Å². The minimum absolute atomic E-state index is 0.0268. The van der Waals surface area contributed by atoms with Crippen LogP contribution in [0, 0.1) is 5.41 Å². The van der Waals surface area contributed by atoms with Gasteiger partial charge in [-0.25, -0.2) is 8.42 Å². The highest BCUT2D eigenvalue weighted by atomic mass is 32.2. The molecule has 0 radical (unpaired) electrons. The molecule has 0 saturated carbocycles. The van der Waals surface area contributed by atoms with Crippen molar-refractivity contribution >= 4 is 27.5 Å². The van der Waals surface area contributed by atoms with Crippen LogP contribution in [0.4, 0.5) is 5.69 Å². The number of hydrogen-bond acceptors (Lipinski definition) is 5. The van der Waals surface area contributed by atoms with Gasteiger partial charge in [-0.2, -0.15) is 4.72 Å². The lowest BCUT2D eigenvalue weighted by Gasteiger charge is -2.34. The highest BCUT2D eigenvalue weighted by molar-refractivity contribution is 7.89. The maximum absolute atomic E-state index is 12.5. The minimum atomic E-state index is -3.84. The average molecular weight is 397 g/mol. The predicted molar refractivity (Wildman–Crippen MR) is 104 cm³/mol. The van der Waals surface area contributed by atoms with E-state index in [-0.39, 0.29) is 22.1 Å². The van der Waals surface area contributed by atoms with Crippen molar-refractivity contribution in [3.05, 3.63) is 24.3 Å². The van der Waals surface area contributed by atoms with Crippen LogP contribution in [0.2, 0.25) is 0 Å². The number of benzene rings is 1. The first-order valence-corrected chi connectivity index (χ1v) is 10.5. The second-order valence-electron chi connectivity index (χ2n) is 7.33. The zero-order chi connectivity index (χ0) is 20.1. The third-order valence-corrected chi connectivity index (χ3v) is 6.27. The number of amides is 2. The summed E-state index contributed by atoms with van der Waals surface area (Å²) in [7, 11) is -3.84. The summed E-state index contributed by atoms with van der Waals surface area (Å²) < 4.78 is 27.3. The molecular weight excluding hydrogens is 368 g/mol. The van der Waals surface area contributed by atoms with E-state index in [4.69, 9.17) is 0 Å². The van der Waals surface area contributed by atoms with Crippen LogP contribution < -0.4 is 20.7 Å². The quantitative estimate of drug-likeness (QED) is 0.544. The van der Waals surface area contributed by atoms with Crippen molar-refractivity contribution in [2.24, 2.45) is 5.41 Å². The summed E-state index contributed by atoms with van der Waals surface area (Å²) in [6, 6.07) is 4.87. The molecule has 1 aromatic carbocycles. The van der Waals surface area contributed by atoms with E-state index in [2.05, 4.69) is 27.6 Å². The molecule has 1 heterocycles. The Morgan fingerprint density at radius 1 is 1.19 bits per heavy atom. The molecule has 1 fully saturated rings. The largest absolute Gasteiger partial charge is 0.354 e. The van der Waals surface area contributed by atoms with Gasteiger partial charge < -0.3 is 16.0 Å². The summed E-state index contributed by atoms with van der Waals surface area (Å²) in [5, 5.41) is 8.71. The molecule has 2 amide bonds. The maximum Gasteiger partial charge on any atom is 0.241 e. The Labute approximate surface area is 160 Å². The molecule has 9 heteroatoms. The molecule has 4 N–H and O–H groups in total. The average Bonchev–Trinajstić information content (AvgIpc) is 2.60. The van der Waals surface area contributed by atoms with E-state index in [0.29, 0.717) is 12.2 Å². The van der Waals surface area contributed by atoms with Crippen molar-refractivity contribution < 1.29 is 18.0 Å². The van der Waals surface area contributed by atoms with Crippen LogP contribution in [0.25, 0.3) is 0 Å². The van der Waals surface area contributed by atoms with Crippen molar-refractivity contribution in [1.29, 1.82) is 0 Å². The highest BCUT2D eigenvalue weighted by Crippen LogP contribution is 2.26. The van der Waals surface area contributed by atoms with Crippen molar-refractivity contribution in [1.82, 2.24) is 15.4 Å². The Morgan fingerprint density at radius 2 is 1.78 bits per heavy atom. The van der Waals surface area contributed by atoms with Crippen LogP contribution in [0.15, 0.2) is 29.2 Å². The SMILES string of the molecule is CC(=O)Nc1ccc(S(=O)(=O)NC(C)C(=O)NCC2(C)CCNCC2)cc1. The van der Waals surface area contributed by atoms with E-state index in [9.17, 15) is 18.0 Å². The van der Waals surface area contributed by atoms with Gasteiger partial charge in [-0.1, -0.05) is 6.92 Å². The fourth-order valence-electron chi connectivity index (χ4n) is 2.94. The number of carbonyl (C=O) groups is 2. The number of hydrogen-bond donors (Lipinski definition) is 4. The Hall–Kier alpha value is -1.97. The standard InChI is InChI=1S/C18H28N4O4S/c1-13(17(24)20-12-18(3)8-10-19-11-9-18)22-27(25,26)16-6-4-15(5-7-16)21-14(2)23/h4-7,13,19,22H,8-12H2,1-3H3,(H,20,24)(H,21,23). The van der Waals surface area contributed by atoms with Crippen LogP contribution in [-0.4, -0.2) is 45.9 Å². The molecule has 2 rings (SSSR count). The van der Waals surface area contributed by atoms with Gasteiger partial charge in [0.25, 0.3) is 0 Å². The lowest BCUT2D eigenvalue weighted by atomic mass is 9.81. The zero-order valence-electron chi connectivity index (χ0n) is 16.0. The van der Waals surface area contributed by atoms with E-state index in [0.717, 1.165) is 25.9 Å². The zero-order valence-corrected chi connectivity index (χ0v) is 16.8. The van der Waals surface area contributed by atoms with Crippen LogP contribution in [0.5, 0.6) is 0 Å². The highest BCUT2D eigenvalue weighted by Gasteiger charge is 2.28. The fraction of sp³-hybridized carbons (Fsp3) is 0.556. The molecule has 0 aliphatic carbocycles. The Morgan fingerprint density at radius 3 is 2.33 bits per heavy atom. The second kappa shape index (κ2) is 8.81. The van der Waals surface area contributed by atoms with Gasteiger partial charge in [0.05, 0.1) is 10.9 Å². The van der Waals surface area contributed by atoms with Gasteiger partial charge in [-0.3, -0.25) is 9.59 Å². The fourth-order valence-corrected chi connectivity index (χ4v) is 4.14. The lowest BCUT2D eigenvalue weighted by molar-refractivity contribution is -0.123. The molecule has 27 heavy (non-hydrogen) atoms. The number of carbonyl (C=O) groups excluding carboxylic acids is 2. The summed E-state index contributed by atoms with van der Waals surface area (Å²) in [5.41, 5.74) is 0.529. The minimum Gasteiger partial charge on any atom is -0.354 e. The monoisotopic (exact) mass is 396 g/mol. The first-order chi connectivity index (χ1) is 12.6. The predicted octanol–water partition coefficient (Wildman–Crippen LogP) is 0.818. The van der Waals surface area contributed by atoms with E-state index in [1.165, 1.54) is 38.1 Å². The molecule has 1 aliphatic heterocycles. The maximum atomic E-state index is 12.5. The number of nitrogens with one attached hydrogen (secondary N) is 4. The van der Waals surface area contributed by atoms with Gasteiger partial charge in [0.15, 0.2) is 0 Å². The van der Waals surface area contributed by atoms with E-state index in [1.54, 1.807) is 0 Å². The van der Waals surface area contributed by atoms with E-state index < -0.39 is 16.1 Å². The van der Waals surface area contributed by atoms with Gasteiger partial charge in [-0.05, 0) is 62.5 Å². The van der Waals surface area contributed by atoms with Crippen molar-refractivity contribution in [2.45, 2.75) is 44.6 Å². The Kier molecular flexibility index (Phi) is 6.96. The lowest BCUT2D eigenvalue weighted by Crippen LogP contribution is -2.49. The number of rotatable bonds is 7. The van der Waals surface area contributed by atoms with Crippen LogP contribution >= 0.6 is 0 Å². The van der Waals surface area contributed by atoms with Crippen LogP contribution in [0.1, 0.15) is 33.6 Å². The summed E-state index contributed by atoms with van der Waals surface area (Å²) in [5.74, 6) is -0.593. The molecule has 1 unspecified atom stereocenters. The third-order valence-electron chi connectivity index (χ3n) is 4.71. The van der Waals surface area contributed by atoms with E-state index in [1.807, 2.05) is 0 Å². The molecule has 150 valence electrons. The van der Waals surface area contributed by atoms with Crippen molar-refractivity contribution in [3.63, 3.8) is 0 Å². The topological polar surface area (TPSA) is 116 Å². The first kappa shape index (κ1) is 21.3. The third kappa shape index (κ3) is 6.30. The summed E-state index contributed by atoms with van der Waals surface area (Å²) >= 11 is 0. The first-order valence-electron chi connectivity index (χ1n) is 9.00. The normalized spacial score (nSPS) is 17.7. The van der Waals surface area contributed by atoms with E-state index >= 15 is 0 Å². The van der Waals surface area contributed by atoms with Gasteiger partial charge in [0, 0.05) is 19.2 Å². The number of sulfonamides is 1. The van der Waals surface area contributed by atoms with Gasteiger partial charge in [0.1, 0.15) is 0 Å². The molecule has 1 saturated heterocycles. The summed E-state index contributed by atoms with van der Waals surface area (Å²) in [6.45, 7) is 7.37. The van der Waals surface area contributed by atoms with Gasteiger partial charge in [-0.15, -0.1) is 0 Å².